The van der Waals surface area contributed by atoms with Gasteiger partial charge in [-0.15, -0.1) is 10.2 Å². The van der Waals surface area contributed by atoms with E-state index in [1.807, 2.05) is 54.1 Å². The monoisotopic (exact) mass is 323 g/mol. The van der Waals surface area contributed by atoms with E-state index in [0.29, 0.717) is 5.75 Å². The molecule has 0 amide bonds. The number of hydrogen-bond acceptors (Lipinski definition) is 4. The van der Waals surface area contributed by atoms with Crippen LogP contribution in [0.2, 0.25) is 0 Å². The molecule has 4 nitrogen and oxygen atoms in total. The predicted octanol–water partition coefficient (Wildman–Crippen LogP) is 3.77. The van der Waals surface area contributed by atoms with Crippen LogP contribution in [0.1, 0.15) is 15.9 Å². The van der Waals surface area contributed by atoms with Crippen molar-refractivity contribution in [1.29, 1.82) is 0 Å². The number of Topliss-reactive ketones (excluding diaryl/α,β-unsaturated/α-hetero) is 1. The largest absolute Gasteiger partial charge is 0.305 e. The number of carbonyl (C=O) groups excluding carboxylic acids is 1. The third-order valence-electron chi connectivity index (χ3n) is 3.57. The molecular formula is C18H17N3OS. The SMILES string of the molecule is Cc1ccc(-c2nnc(SCC(=O)c3ccccc3)n2C)cc1. The Labute approximate surface area is 139 Å². The van der Waals surface area contributed by atoms with Crippen LogP contribution in [0.4, 0.5) is 0 Å². The average Bonchev–Trinajstić information content (AvgIpc) is 2.95. The molecule has 0 radical (unpaired) electrons. The maximum atomic E-state index is 12.2. The first-order chi connectivity index (χ1) is 11.1. The third kappa shape index (κ3) is 3.51. The van der Waals surface area contributed by atoms with E-state index in [9.17, 15) is 4.79 Å². The molecule has 23 heavy (non-hydrogen) atoms. The van der Waals surface area contributed by atoms with Crippen LogP contribution in [0.5, 0.6) is 0 Å². The van der Waals surface area contributed by atoms with Crippen molar-refractivity contribution < 1.29 is 4.79 Å². The third-order valence-corrected chi connectivity index (χ3v) is 4.59. The van der Waals surface area contributed by atoms with Gasteiger partial charge in [0.15, 0.2) is 16.8 Å². The van der Waals surface area contributed by atoms with Crippen molar-refractivity contribution in [3.8, 4) is 11.4 Å². The van der Waals surface area contributed by atoms with Gasteiger partial charge >= 0.3 is 0 Å². The highest BCUT2D eigenvalue weighted by Crippen LogP contribution is 2.23. The van der Waals surface area contributed by atoms with Crippen LogP contribution in [0.15, 0.2) is 59.8 Å². The fraction of sp³-hybridized carbons (Fsp3) is 0.167. The molecule has 0 saturated carbocycles. The second-order valence-electron chi connectivity index (χ2n) is 5.31. The van der Waals surface area contributed by atoms with E-state index < -0.39 is 0 Å². The molecule has 2 aromatic carbocycles. The first-order valence-corrected chi connectivity index (χ1v) is 8.31. The molecule has 0 fully saturated rings. The van der Waals surface area contributed by atoms with Gasteiger partial charge in [0.05, 0.1) is 5.75 Å². The zero-order valence-corrected chi connectivity index (χ0v) is 13.9. The van der Waals surface area contributed by atoms with Gasteiger partial charge in [0.1, 0.15) is 0 Å². The standard InChI is InChI=1S/C18H17N3OS/c1-13-8-10-15(11-9-13)17-19-20-18(21(17)2)23-12-16(22)14-6-4-3-5-7-14/h3-11H,12H2,1-2H3. The Balaban J connectivity index is 1.72. The number of aromatic nitrogens is 3. The molecule has 0 aliphatic carbocycles. The van der Waals surface area contributed by atoms with Crippen molar-refractivity contribution in [3.05, 3.63) is 65.7 Å². The van der Waals surface area contributed by atoms with Crippen molar-refractivity contribution in [2.45, 2.75) is 12.1 Å². The van der Waals surface area contributed by atoms with Crippen molar-refractivity contribution in [2.24, 2.45) is 7.05 Å². The van der Waals surface area contributed by atoms with E-state index in [2.05, 4.69) is 29.3 Å². The van der Waals surface area contributed by atoms with E-state index >= 15 is 0 Å². The fourth-order valence-electron chi connectivity index (χ4n) is 2.23. The number of hydrogen-bond donors (Lipinski definition) is 0. The van der Waals surface area contributed by atoms with Gasteiger partial charge in [0.25, 0.3) is 0 Å². The molecule has 0 atom stereocenters. The number of ketones is 1. The summed E-state index contributed by atoms with van der Waals surface area (Å²) in [6.45, 7) is 2.05. The van der Waals surface area contributed by atoms with Gasteiger partial charge in [-0.3, -0.25) is 4.79 Å². The molecule has 0 spiro atoms. The Morgan fingerprint density at radius 1 is 1.04 bits per heavy atom. The van der Waals surface area contributed by atoms with E-state index in [1.54, 1.807) is 0 Å². The van der Waals surface area contributed by atoms with Crippen molar-refractivity contribution in [3.63, 3.8) is 0 Å². The molecule has 0 aliphatic heterocycles. The molecule has 1 aromatic heterocycles. The van der Waals surface area contributed by atoms with E-state index in [4.69, 9.17) is 0 Å². The normalized spacial score (nSPS) is 10.7. The van der Waals surface area contributed by atoms with Gasteiger partial charge in [0.2, 0.25) is 0 Å². The van der Waals surface area contributed by atoms with Crippen LogP contribution in [-0.4, -0.2) is 26.3 Å². The highest BCUT2D eigenvalue weighted by Gasteiger charge is 2.13. The summed E-state index contributed by atoms with van der Waals surface area (Å²) in [4.78, 5) is 12.2. The molecule has 0 aliphatic rings. The lowest BCUT2D eigenvalue weighted by Crippen LogP contribution is -2.03. The van der Waals surface area contributed by atoms with Gasteiger partial charge < -0.3 is 4.57 Å². The fourth-order valence-corrected chi connectivity index (χ4v) is 3.04. The Morgan fingerprint density at radius 3 is 2.43 bits per heavy atom. The Bertz CT molecular complexity index is 810. The predicted molar refractivity (Wildman–Crippen MR) is 92.7 cm³/mol. The highest BCUT2D eigenvalue weighted by molar-refractivity contribution is 7.99. The summed E-state index contributed by atoms with van der Waals surface area (Å²) in [6.07, 6.45) is 0. The summed E-state index contributed by atoms with van der Waals surface area (Å²) in [5, 5.41) is 9.19. The molecule has 5 heteroatoms. The van der Waals surface area contributed by atoms with Crippen LogP contribution in [0, 0.1) is 6.92 Å². The summed E-state index contributed by atoms with van der Waals surface area (Å²) < 4.78 is 1.92. The van der Waals surface area contributed by atoms with Crippen molar-refractivity contribution in [2.75, 3.05) is 5.75 Å². The quantitative estimate of drug-likeness (QED) is 0.530. The molecule has 0 saturated heterocycles. The van der Waals surface area contributed by atoms with E-state index in [-0.39, 0.29) is 5.78 Å². The maximum absolute atomic E-state index is 12.2. The minimum absolute atomic E-state index is 0.0930. The number of nitrogens with zero attached hydrogens (tertiary/aromatic N) is 3. The lowest BCUT2D eigenvalue weighted by Gasteiger charge is -2.04. The van der Waals surface area contributed by atoms with Gasteiger partial charge in [0, 0.05) is 18.2 Å². The van der Waals surface area contributed by atoms with Crippen LogP contribution in [-0.2, 0) is 7.05 Å². The number of aryl methyl sites for hydroxylation is 1. The lowest BCUT2D eigenvalue weighted by molar-refractivity contribution is 0.102. The first-order valence-electron chi connectivity index (χ1n) is 7.32. The zero-order valence-electron chi connectivity index (χ0n) is 13.1. The molecule has 1 heterocycles. The minimum Gasteiger partial charge on any atom is -0.305 e. The summed E-state index contributed by atoms with van der Waals surface area (Å²) in [6, 6.07) is 17.5. The van der Waals surface area contributed by atoms with E-state index in [1.165, 1.54) is 17.3 Å². The molecule has 3 aromatic rings. The van der Waals surface area contributed by atoms with Gasteiger partial charge in [-0.25, -0.2) is 0 Å². The highest BCUT2D eigenvalue weighted by atomic mass is 32.2. The Kier molecular flexibility index (Phi) is 4.57. The maximum Gasteiger partial charge on any atom is 0.191 e. The number of carbonyl (C=O) groups is 1. The molecule has 0 unspecified atom stereocenters. The van der Waals surface area contributed by atoms with Gasteiger partial charge in [-0.2, -0.15) is 0 Å². The molecule has 0 N–H and O–H groups in total. The number of benzene rings is 2. The summed E-state index contributed by atoms with van der Waals surface area (Å²) in [5.74, 6) is 1.25. The first kappa shape index (κ1) is 15.5. The zero-order chi connectivity index (χ0) is 16.2. The summed E-state index contributed by atoms with van der Waals surface area (Å²) in [7, 11) is 1.92. The summed E-state index contributed by atoms with van der Waals surface area (Å²) in [5.41, 5.74) is 2.95. The van der Waals surface area contributed by atoms with Crippen LogP contribution in [0.3, 0.4) is 0 Å². The number of thioether (sulfide) groups is 1. The lowest BCUT2D eigenvalue weighted by atomic mass is 10.1. The topological polar surface area (TPSA) is 47.8 Å². The number of rotatable bonds is 5. The second-order valence-corrected chi connectivity index (χ2v) is 6.25. The minimum atomic E-state index is 0.0930. The smallest absolute Gasteiger partial charge is 0.191 e. The molecule has 116 valence electrons. The Hall–Kier alpha value is -2.40. The molecular weight excluding hydrogens is 306 g/mol. The summed E-state index contributed by atoms with van der Waals surface area (Å²) >= 11 is 1.41. The Morgan fingerprint density at radius 2 is 1.74 bits per heavy atom. The van der Waals surface area contributed by atoms with Crippen molar-refractivity contribution in [1.82, 2.24) is 14.8 Å². The van der Waals surface area contributed by atoms with Crippen LogP contribution in [0.25, 0.3) is 11.4 Å². The van der Waals surface area contributed by atoms with Crippen LogP contribution < -0.4 is 0 Å². The van der Waals surface area contributed by atoms with Gasteiger partial charge in [-0.05, 0) is 6.92 Å². The van der Waals surface area contributed by atoms with E-state index in [0.717, 1.165) is 22.1 Å². The second kappa shape index (κ2) is 6.79. The van der Waals surface area contributed by atoms with Gasteiger partial charge in [-0.1, -0.05) is 71.9 Å². The molecule has 0 bridgehead atoms. The van der Waals surface area contributed by atoms with Crippen LogP contribution >= 0.6 is 11.8 Å². The molecule has 3 rings (SSSR count). The van der Waals surface area contributed by atoms with Crippen molar-refractivity contribution >= 4 is 17.5 Å². The average molecular weight is 323 g/mol.